The SMILES string of the molecule is C=CC1CC(NC(C)=O)(C(C)(C)C)CN1Cc1ccccc1.N=C=O. The van der Waals surface area contributed by atoms with E-state index in [0.29, 0.717) is 0 Å². The zero-order valence-electron chi connectivity index (χ0n) is 15.6. The van der Waals surface area contributed by atoms with Gasteiger partial charge in [-0.15, -0.1) is 6.58 Å². The van der Waals surface area contributed by atoms with E-state index in [1.807, 2.05) is 12.1 Å². The van der Waals surface area contributed by atoms with E-state index in [-0.39, 0.29) is 22.9 Å². The zero-order chi connectivity index (χ0) is 19.1. The largest absolute Gasteiger partial charge is 0.349 e. The van der Waals surface area contributed by atoms with Gasteiger partial charge in [-0.05, 0) is 17.4 Å². The van der Waals surface area contributed by atoms with Crippen molar-refractivity contribution in [3.63, 3.8) is 0 Å². The van der Waals surface area contributed by atoms with Gasteiger partial charge in [0.05, 0.1) is 5.54 Å². The van der Waals surface area contributed by atoms with Gasteiger partial charge in [0, 0.05) is 26.1 Å². The van der Waals surface area contributed by atoms with Gasteiger partial charge < -0.3 is 5.32 Å². The summed E-state index contributed by atoms with van der Waals surface area (Å²) in [7, 11) is 0. The molecule has 0 aliphatic carbocycles. The van der Waals surface area contributed by atoms with Gasteiger partial charge >= 0.3 is 0 Å². The van der Waals surface area contributed by atoms with E-state index < -0.39 is 0 Å². The molecule has 2 N–H and O–H groups in total. The maximum absolute atomic E-state index is 11.8. The lowest BCUT2D eigenvalue weighted by atomic mass is 9.72. The molecular formula is C20H29N3O2. The summed E-state index contributed by atoms with van der Waals surface area (Å²) in [5, 5.41) is 8.65. The molecule has 1 aromatic carbocycles. The lowest BCUT2D eigenvalue weighted by molar-refractivity contribution is -0.122. The minimum atomic E-state index is -0.216. The van der Waals surface area contributed by atoms with E-state index in [1.165, 1.54) is 5.56 Å². The van der Waals surface area contributed by atoms with E-state index in [9.17, 15) is 4.79 Å². The Morgan fingerprint density at radius 3 is 2.44 bits per heavy atom. The van der Waals surface area contributed by atoms with E-state index in [2.05, 4.69) is 61.8 Å². The third-order valence-electron chi connectivity index (χ3n) is 4.85. The standard InChI is InChI=1S/C19H28N2O.CHNO/c1-6-17-12-19(18(3,4)5,20-15(2)22)14-21(17)13-16-10-8-7-9-11-16;2-1-3/h6-11,17H,1,12-14H2,2-5H3,(H,20,22);2H. The number of hydrogen-bond acceptors (Lipinski definition) is 4. The van der Waals surface area contributed by atoms with Crippen LogP contribution in [-0.4, -0.2) is 35.0 Å². The number of isocyanates is 1. The first kappa shape index (κ1) is 20.8. The minimum Gasteiger partial charge on any atom is -0.349 e. The maximum Gasteiger partial charge on any atom is 0.231 e. The third-order valence-corrected chi connectivity index (χ3v) is 4.85. The second kappa shape index (κ2) is 8.75. The molecule has 0 bridgehead atoms. The molecule has 1 saturated heterocycles. The van der Waals surface area contributed by atoms with E-state index >= 15 is 0 Å². The summed E-state index contributed by atoms with van der Waals surface area (Å²) < 4.78 is 0. The van der Waals surface area contributed by atoms with Gasteiger partial charge in [-0.2, -0.15) is 0 Å². The number of hydrogen-bond donors (Lipinski definition) is 2. The summed E-state index contributed by atoms with van der Waals surface area (Å²) >= 11 is 0. The molecule has 5 heteroatoms. The topological polar surface area (TPSA) is 73.3 Å². The third kappa shape index (κ3) is 5.38. The average Bonchev–Trinajstić information content (AvgIpc) is 2.87. The van der Waals surface area contributed by atoms with Crippen LogP contribution in [0.4, 0.5) is 0 Å². The predicted octanol–water partition coefficient (Wildman–Crippen LogP) is 3.27. The number of nitrogens with one attached hydrogen (secondary N) is 2. The lowest BCUT2D eigenvalue weighted by Gasteiger charge is -2.42. The van der Waals surface area contributed by atoms with Crippen molar-refractivity contribution in [1.29, 1.82) is 5.41 Å². The van der Waals surface area contributed by atoms with Crippen LogP contribution < -0.4 is 5.32 Å². The summed E-state index contributed by atoms with van der Waals surface area (Å²) in [6, 6.07) is 10.8. The molecule has 1 amide bonds. The van der Waals surface area contributed by atoms with Gasteiger partial charge in [0.1, 0.15) is 0 Å². The fraction of sp³-hybridized carbons (Fsp3) is 0.500. The Morgan fingerprint density at radius 2 is 2.00 bits per heavy atom. The summed E-state index contributed by atoms with van der Waals surface area (Å²) in [6.07, 6.45) is 3.67. The summed E-state index contributed by atoms with van der Waals surface area (Å²) in [5.41, 5.74) is 1.07. The van der Waals surface area contributed by atoms with Gasteiger partial charge in [0.2, 0.25) is 12.0 Å². The number of carbonyl (C=O) groups excluding carboxylic acids is 2. The fourth-order valence-corrected chi connectivity index (χ4v) is 3.40. The molecule has 1 aliphatic heterocycles. The highest BCUT2D eigenvalue weighted by molar-refractivity contribution is 5.74. The smallest absolute Gasteiger partial charge is 0.231 e. The van der Waals surface area contributed by atoms with Crippen LogP contribution >= 0.6 is 0 Å². The summed E-state index contributed by atoms with van der Waals surface area (Å²) in [5.74, 6) is 0.0410. The molecule has 25 heavy (non-hydrogen) atoms. The van der Waals surface area contributed by atoms with Crippen molar-refractivity contribution in [1.82, 2.24) is 10.2 Å². The first-order valence-corrected chi connectivity index (χ1v) is 8.42. The van der Waals surface area contributed by atoms with Crippen molar-refractivity contribution in [3.05, 3.63) is 48.6 Å². The summed E-state index contributed by atoms with van der Waals surface area (Å²) in [4.78, 5) is 22.5. The van der Waals surface area contributed by atoms with Gasteiger partial charge in [0.15, 0.2) is 0 Å². The van der Waals surface area contributed by atoms with E-state index in [0.717, 1.165) is 25.6 Å². The summed E-state index contributed by atoms with van der Waals surface area (Å²) in [6.45, 7) is 14.0. The number of rotatable bonds is 4. The molecule has 2 rings (SSSR count). The molecule has 1 aliphatic rings. The Balaban J connectivity index is 0.000000970. The monoisotopic (exact) mass is 343 g/mol. The molecule has 0 aromatic heterocycles. The van der Waals surface area contributed by atoms with Crippen LogP contribution in [0.3, 0.4) is 0 Å². The first-order chi connectivity index (χ1) is 11.7. The van der Waals surface area contributed by atoms with Gasteiger partial charge in [-0.3, -0.25) is 9.69 Å². The molecule has 0 radical (unpaired) electrons. The molecule has 0 saturated carbocycles. The number of nitrogens with zero attached hydrogens (tertiary/aromatic N) is 1. The quantitative estimate of drug-likeness (QED) is 0.501. The van der Waals surface area contributed by atoms with Gasteiger partial charge in [-0.1, -0.05) is 57.2 Å². The van der Waals surface area contributed by atoms with Crippen LogP contribution in [0.25, 0.3) is 0 Å². The maximum atomic E-state index is 11.8. The van der Waals surface area contributed by atoms with Crippen LogP contribution in [0.2, 0.25) is 0 Å². The molecule has 2 unspecified atom stereocenters. The van der Waals surface area contributed by atoms with Crippen LogP contribution in [0.5, 0.6) is 0 Å². The van der Waals surface area contributed by atoms with Crippen molar-refractivity contribution in [2.45, 2.75) is 52.2 Å². The van der Waals surface area contributed by atoms with Crippen LogP contribution in [0.1, 0.15) is 39.7 Å². The van der Waals surface area contributed by atoms with Gasteiger partial charge in [-0.25, -0.2) is 10.2 Å². The molecule has 0 spiro atoms. The number of amides is 1. The van der Waals surface area contributed by atoms with Crippen molar-refractivity contribution in [3.8, 4) is 0 Å². The van der Waals surface area contributed by atoms with E-state index in [4.69, 9.17) is 10.2 Å². The first-order valence-electron chi connectivity index (χ1n) is 8.42. The van der Waals surface area contributed by atoms with Crippen LogP contribution in [-0.2, 0) is 16.1 Å². The highest BCUT2D eigenvalue weighted by atomic mass is 16.1. The highest BCUT2D eigenvalue weighted by Crippen LogP contribution is 2.41. The van der Waals surface area contributed by atoms with Gasteiger partial charge in [0.25, 0.3) is 0 Å². The van der Waals surface area contributed by atoms with E-state index in [1.54, 1.807) is 6.92 Å². The number of likely N-dealkylation sites (tertiary alicyclic amines) is 1. The fourth-order valence-electron chi connectivity index (χ4n) is 3.40. The molecule has 1 heterocycles. The Morgan fingerprint density at radius 1 is 1.44 bits per heavy atom. The Hall–Kier alpha value is -2.23. The van der Waals surface area contributed by atoms with Crippen molar-refractivity contribution >= 4 is 12.0 Å². The highest BCUT2D eigenvalue weighted by Gasteiger charge is 2.50. The Bertz CT molecular complexity index is 616. The molecular weight excluding hydrogens is 314 g/mol. The van der Waals surface area contributed by atoms with Crippen molar-refractivity contribution in [2.75, 3.05) is 6.54 Å². The van der Waals surface area contributed by atoms with Crippen molar-refractivity contribution < 1.29 is 9.59 Å². The molecule has 5 nitrogen and oxygen atoms in total. The van der Waals surface area contributed by atoms with Crippen LogP contribution in [0.15, 0.2) is 43.0 Å². The molecule has 136 valence electrons. The number of carbonyl (C=O) groups is 1. The average molecular weight is 343 g/mol. The molecule has 1 fully saturated rings. The second-order valence-corrected chi connectivity index (χ2v) is 7.51. The normalized spacial score (nSPS) is 23.1. The predicted molar refractivity (Wildman–Crippen MR) is 99.9 cm³/mol. The Kier molecular flexibility index (Phi) is 7.28. The van der Waals surface area contributed by atoms with Crippen LogP contribution in [0, 0.1) is 10.8 Å². The molecule has 1 aromatic rings. The second-order valence-electron chi connectivity index (χ2n) is 7.51. The number of benzene rings is 1. The minimum absolute atomic E-state index is 0.00856. The lowest BCUT2D eigenvalue weighted by Crippen LogP contribution is -2.58. The Labute approximate surface area is 150 Å². The molecule has 2 atom stereocenters. The van der Waals surface area contributed by atoms with Crippen molar-refractivity contribution in [2.24, 2.45) is 5.41 Å². The zero-order valence-corrected chi connectivity index (χ0v) is 15.6.